The Bertz CT molecular complexity index is 1170. The number of carbonyl (C=O) groups is 3. The summed E-state index contributed by atoms with van der Waals surface area (Å²) in [6, 6.07) is 13.9. The molecule has 10 heteroatoms. The van der Waals surface area contributed by atoms with Crippen LogP contribution in [0.15, 0.2) is 72.6 Å². The van der Waals surface area contributed by atoms with Crippen molar-refractivity contribution in [2.24, 2.45) is 0 Å². The van der Waals surface area contributed by atoms with Crippen LogP contribution in [0.1, 0.15) is 36.0 Å². The Balaban J connectivity index is 0.000000459. The number of Topliss-reactive ketones (excluding diaryl/α,β-unsaturated/α-hetero) is 1. The highest BCUT2D eigenvalue weighted by atomic mass is 19.1. The van der Waals surface area contributed by atoms with Gasteiger partial charge < -0.3 is 29.5 Å². The van der Waals surface area contributed by atoms with Gasteiger partial charge in [0.2, 0.25) is 5.78 Å². The van der Waals surface area contributed by atoms with Crippen molar-refractivity contribution in [3.05, 3.63) is 84.0 Å². The summed E-state index contributed by atoms with van der Waals surface area (Å²) in [6.07, 6.45) is 7.15. The minimum Gasteiger partial charge on any atom is -0.494 e. The van der Waals surface area contributed by atoms with Crippen LogP contribution >= 0.6 is 0 Å². The Morgan fingerprint density at radius 3 is 2.31 bits per heavy atom. The predicted octanol–water partition coefficient (Wildman–Crippen LogP) is 4.21. The highest BCUT2D eigenvalue weighted by molar-refractivity contribution is 6.12. The number of aliphatic carboxylic acids is 2. The fourth-order valence-electron chi connectivity index (χ4n) is 4.27. The molecule has 0 aromatic heterocycles. The minimum absolute atomic E-state index is 0.0391. The van der Waals surface area contributed by atoms with Crippen LogP contribution in [-0.2, 0) is 9.59 Å². The fourth-order valence-corrected chi connectivity index (χ4v) is 4.27. The van der Waals surface area contributed by atoms with Crippen LogP contribution < -0.4 is 9.47 Å². The minimum atomic E-state index is -1.26. The summed E-state index contributed by atoms with van der Waals surface area (Å²) in [6.45, 7) is 3.80. The summed E-state index contributed by atoms with van der Waals surface area (Å²) in [5.74, 6) is -1.03. The maximum absolute atomic E-state index is 12.9. The van der Waals surface area contributed by atoms with E-state index in [4.69, 9.17) is 19.7 Å². The van der Waals surface area contributed by atoms with Gasteiger partial charge in [-0.2, -0.15) is 0 Å². The number of ketones is 1. The van der Waals surface area contributed by atoms with Crippen LogP contribution in [0.2, 0.25) is 0 Å². The van der Waals surface area contributed by atoms with Gasteiger partial charge in [-0.3, -0.25) is 4.79 Å². The zero-order valence-corrected chi connectivity index (χ0v) is 21.8. The molecule has 2 aliphatic rings. The van der Waals surface area contributed by atoms with Gasteiger partial charge in [0.05, 0.1) is 12.2 Å². The van der Waals surface area contributed by atoms with E-state index in [1.807, 2.05) is 37.5 Å². The summed E-state index contributed by atoms with van der Waals surface area (Å²) in [5.41, 5.74) is 0.639. The fraction of sp³-hybridized carbons (Fsp3) is 0.345. The molecule has 4 rings (SSSR count). The molecule has 208 valence electrons. The first-order chi connectivity index (χ1) is 18.7. The molecule has 0 saturated carbocycles. The van der Waals surface area contributed by atoms with E-state index in [2.05, 4.69) is 9.80 Å². The van der Waals surface area contributed by atoms with E-state index >= 15 is 0 Å². The molecule has 2 aromatic carbocycles. The standard InChI is InChI=1S/C25H29FN2O3.C4H4O4/c1-27(18-24-25(29)22-6-2-3-7-23(22)31-24)20-12-15-28(16-13-20)14-4-5-17-30-21-10-8-19(26)9-11-21;5-3(6)1-2-4(7)8/h2-3,6-11,18,20H,4-5,12-17H2,1H3;1-2H,(H,5,6)(H,7,8)/b24-18-;2-1-. The number of hydrogen-bond acceptors (Lipinski definition) is 7. The van der Waals surface area contributed by atoms with E-state index in [1.54, 1.807) is 12.1 Å². The quantitative estimate of drug-likeness (QED) is 0.338. The number of benzene rings is 2. The second-order valence-electron chi connectivity index (χ2n) is 9.18. The SMILES string of the molecule is CN(/C=C1\Oc2ccccc2C1=O)C1CCN(CCCCOc2ccc(F)cc2)CC1.O=C(O)/C=C\C(=O)O. The van der Waals surface area contributed by atoms with Gasteiger partial charge in [-0.25, -0.2) is 14.0 Å². The van der Waals surface area contributed by atoms with Crippen molar-refractivity contribution in [3.63, 3.8) is 0 Å². The molecule has 1 fully saturated rings. The Morgan fingerprint density at radius 2 is 1.69 bits per heavy atom. The first kappa shape index (κ1) is 29.4. The molecule has 9 nitrogen and oxygen atoms in total. The second-order valence-corrected chi connectivity index (χ2v) is 9.18. The molecule has 0 unspecified atom stereocenters. The molecular formula is C29H33FN2O7. The van der Waals surface area contributed by atoms with Gasteiger partial charge in [-0.15, -0.1) is 0 Å². The second kappa shape index (κ2) is 14.7. The Kier molecular flexibility index (Phi) is 11.1. The van der Waals surface area contributed by atoms with Crippen LogP contribution in [0, 0.1) is 5.82 Å². The molecule has 2 N–H and O–H groups in total. The number of fused-ring (bicyclic) bond motifs is 1. The largest absolute Gasteiger partial charge is 0.494 e. The average molecular weight is 541 g/mol. The molecule has 0 spiro atoms. The van der Waals surface area contributed by atoms with Crippen LogP contribution in [0.4, 0.5) is 4.39 Å². The van der Waals surface area contributed by atoms with Crippen LogP contribution in [0.5, 0.6) is 11.5 Å². The monoisotopic (exact) mass is 540 g/mol. The average Bonchev–Trinajstić information content (AvgIpc) is 3.24. The molecule has 0 aliphatic carbocycles. The summed E-state index contributed by atoms with van der Waals surface area (Å²) in [4.78, 5) is 36.2. The number of hydrogen-bond donors (Lipinski definition) is 2. The summed E-state index contributed by atoms with van der Waals surface area (Å²) >= 11 is 0. The van der Waals surface area contributed by atoms with E-state index in [-0.39, 0.29) is 11.6 Å². The molecule has 2 aromatic rings. The Morgan fingerprint density at radius 1 is 1.05 bits per heavy atom. The number of carboxylic acid groups (broad SMARTS) is 2. The number of carbonyl (C=O) groups excluding carboxylic acids is 1. The molecule has 39 heavy (non-hydrogen) atoms. The van der Waals surface area contributed by atoms with Crippen molar-refractivity contribution in [1.82, 2.24) is 9.80 Å². The summed E-state index contributed by atoms with van der Waals surface area (Å²) < 4.78 is 24.3. The van der Waals surface area contributed by atoms with Crippen LogP contribution in [0.3, 0.4) is 0 Å². The molecule has 1 saturated heterocycles. The van der Waals surface area contributed by atoms with Gasteiger partial charge in [0.25, 0.3) is 0 Å². The Hall–Kier alpha value is -4.18. The number of piperidine rings is 1. The number of unbranched alkanes of at least 4 members (excludes halogenated alkanes) is 1. The molecule has 0 bridgehead atoms. The van der Waals surface area contributed by atoms with Crippen molar-refractivity contribution in [1.29, 1.82) is 0 Å². The normalized spacial score (nSPS) is 16.4. The van der Waals surface area contributed by atoms with E-state index in [0.717, 1.165) is 45.3 Å². The molecule has 2 aliphatic heterocycles. The molecule has 2 heterocycles. The number of rotatable bonds is 10. The van der Waals surface area contributed by atoms with Gasteiger partial charge in [-0.05, 0) is 68.6 Å². The van der Waals surface area contributed by atoms with E-state index in [0.29, 0.717) is 47.6 Å². The third-order valence-electron chi connectivity index (χ3n) is 6.35. The zero-order chi connectivity index (χ0) is 28.2. The lowest BCUT2D eigenvalue weighted by Crippen LogP contribution is -2.42. The lowest BCUT2D eigenvalue weighted by atomic mass is 10.0. The maximum Gasteiger partial charge on any atom is 0.328 e. The van der Waals surface area contributed by atoms with Crippen LogP contribution in [0.25, 0.3) is 0 Å². The molecule has 0 radical (unpaired) electrons. The topological polar surface area (TPSA) is 117 Å². The van der Waals surface area contributed by atoms with Gasteiger partial charge in [0.15, 0.2) is 5.76 Å². The lowest BCUT2D eigenvalue weighted by Gasteiger charge is -2.36. The first-order valence-corrected chi connectivity index (χ1v) is 12.7. The summed E-state index contributed by atoms with van der Waals surface area (Å²) in [7, 11) is 2.03. The van der Waals surface area contributed by atoms with Gasteiger partial charge in [0.1, 0.15) is 17.3 Å². The number of allylic oxidation sites excluding steroid dienone is 1. The van der Waals surface area contributed by atoms with Crippen molar-refractivity contribution in [3.8, 4) is 11.5 Å². The van der Waals surface area contributed by atoms with Crippen LogP contribution in [-0.4, -0.2) is 77.1 Å². The van der Waals surface area contributed by atoms with Crippen molar-refractivity contribution in [2.45, 2.75) is 31.7 Å². The smallest absolute Gasteiger partial charge is 0.328 e. The first-order valence-electron chi connectivity index (χ1n) is 12.7. The number of likely N-dealkylation sites (tertiary alicyclic amines) is 1. The van der Waals surface area contributed by atoms with E-state index in [1.165, 1.54) is 12.1 Å². The van der Waals surface area contributed by atoms with Gasteiger partial charge in [-0.1, -0.05) is 12.1 Å². The lowest BCUT2D eigenvalue weighted by molar-refractivity contribution is -0.134. The highest BCUT2D eigenvalue weighted by Crippen LogP contribution is 2.31. The van der Waals surface area contributed by atoms with E-state index < -0.39 is 11.9 Å². The number of halogens is 1. The van der Waals surface area contributed by atoms with Crippen molar-refractivity contribution in [2.75, 3.05) is 33.3 Å². The molecule has 0 atom stereocenters. The van der Waals surface area contributed by atoms with Crippen molar-refractivity contribution < 1.29 is 38.5 Å². The number of carboxylic acids is 2. The number of ether oxygens (including phenoxy) is 2. The third kappa shape index (κ3) is 9.57. The molecular weight excluding hydrogens is 507 g/mol. The van der Waals surface area contributed by atoms with E-state index in [9.17, 15) is 18.8 Å². The summed E-state index contributed by atoms with van der Waals surface area (Å²) in [5, 5.41) is 15.6. The van der Waals surface area contributed by atoms with Gasteiger partial charge >= 0.3 is 11.9 Å². The Labute approximate surface area is 226 Å². The van der Waals surface area contributed by atoms with Gasteiger partial charge in [0, 0.05) is 44.5 Å². The van der Waals surface area contributed by atoms with Crippen molar-refractivity contribution >= 4 is 17.7 Å². The number of para-hydroxylation sites is 1. The predicted molar refractivity (Wildman–Crippen MR) is 142 cm³/mol. The number of nitrogens with zero attached hydrogens (tertiary/aromatic N) is 2. The third-order valence-corrected chi connectivity index (χ3v) is 6.35. The molecule has 0 amide bonds. The zero-order valence-electron chi connectivity index (χ0n) is 21.8. The highest BCUT2D eigenvalue weighted by Gasteiger charge is 2.28. The maximum atomic E-state index is 12.9.